The van der Waals surface area contributed by atoms with Crippen molar-refractivity contribution in [1.29, 1.82) is 0 Å². The molecule has 0 aliphatic heterocycles. The lowest BCUT2D eigenvalue weighted by atomic mass is 9.96. The highest BCUT2D eigenvalue weighted by Crippen LogP contribution is 2.14. The van der Waals surface area contributed by atoms with Crippen molar-refractivity contribution in [2.24, 2.45) is 5.92 Å². The molecule has 0 saturated carbocycles. The summed E-state index contributed by atoms with van der Waals surface area (Å²) in [6.07, 6.45) is 0.720. The number of rotatable bonds is 6. The van der Waals surface area contributed by atoms with E-state index in [9.17, 15) is 4.79 Å². The molecule has 0 heterocycles. The van der Waals surface area contributed by atoms with Gasteiger partial charge in [-0.05, 0) is 31.2 Å². The van der Waals surface area contributed by atoms with Crippen LogP contribution in [0.1, 0.15) is 19.4 Å². The van der Waals surface area contributed by atoms with E-state index in [1.165, 1.54) is 0 Å². The van der Waals surface area contributed by atoms with E-state index in [1.807, 2.05) is 45.2 Å². The van der Waals surface area contributed by atoms with E-state index in [1.54, 1.807) is 7.11 Å². The van der Waals surface area contributed by atoms with Gasteiger partial charge in [0.05, 0.1) is 13.2 Å². The molecule has 0 aromatic heterocycles. The first-order chi connectivity index (χ1) is 8.08. The number of hydrogen-bond acceptors (Lipinski definition) is 3. The first-order valence-electron chi connectivity index (χ1n) is 5.92. The van der Waals surface area contributed by atoms with Crippen molar-refractivity contribution >= 4 is 5.78 Å². The summed E-state index contributed by atoms with van der Waals surface area (Å²) in [5.74, 6) is 1.15. The first kappa shape index (κ1) is 13.7. The smallest absolute Gasteiger partial charge is 0.152 e. The van der Waals surface area contributed by atoms with Gasteiger partial charge in [-0.2, -0.15) is 0 Å². The number of nitrogens with one attached hydrogen (secondary N) is 1. The Morgan fingerprint density at radius 1 is 1.29 bits per heavy atom. The Kier molecular flexibility index (Phi) is 5.16. The fraction of sp³-hybridized carbons (Fsp3) is 0.500. The van der Waals surface area contributed by atoms with E-state index < -0.39 is 0 Å². The number of methoxy groups -OCH3 is 1. The number of benzene rings is 1. The molecule has 3 nitrogen and oxygen atoms in total. The third-order valence-corrected chi connectivity index (χ3v) is 2.86. The number of Topliss-reactive ketones (excluding diaryl/α,β-unsaturated/α-hetero) is 1. The minimum absolute atomic E-state index is 0.0608. The highest BCUT2D eigenvalue weighted by atomic mass is 16.5. The summed E-state index contributed by atoms with van der Waals surface area (Å²) in [7, 11) is 3.47. The van der Waals surface area contributed by atoms with Crippen molar-refractivity contribution in [2.75, 3.05) is 14.2 Å². The summed E-state index contributed by atoms with van der Waals surface area (Å²) in [6.45, 7) is 3.86. The van der Waals surface area contributed by atoms with Gasteiger partial charge in [0.25, 0.3) is 0 Å². The predicted molar refractivity (Wildman–Crippen MR) is 69.4 cm³/mol. The second-order valence-corrected chi connectivity index (χ2v) is 4.45. The van der Waals surface area contributed by atoms with Crippen LogP contribution < -0.4 is 10.1 Å². The molecule has 0 fully saturated rings. The molecule has 0 saturated heterocycles. The van der Waals surface area contributed by atoms with Crippen molar-refractivity contribution in [3.8, 4) is 5.75 Å². The Morgan fingerprint density at radius 2 is 1.88 bits per heavy atom. The molecular weight excluding hydrogens is 214 g/mol. The molecule has 1 atom stereocenters. The number of likely N-dealkylation sites (N-methyl/N-ethyl adjacent to an activating group) is 1. The molecule has 0 aliphatic rings. The van der Waals surface area contributed by atoms with Gasteiger partial charge in [-0.3, -0.25) is 4.79 Å². The summed E-state index contributed by atoms with van der Waals surface area (Å²) in [5.41, 5.74) is 1.14. The third kappa shape index (κ3) is 3.86. The highest BCUT2D eigenvalue weighted by Gasteiger charge is 2.19. The second-order valence-electron chi connectivity index (χ2n) is 4.45. The topological polar surface area (TPSA) is 38.3 Å². The summed E-state index contributed by atoms with van der Waals surface area (Å²) < 4.78 is 5.10. The van der Waals surface area contributed by atoms with Crippen molar-refractivity contribution in [3.05, 3.63) is 29.8 Å². The molecule has 3 heteroatoms. The fourth-order valence-electron chi connectivity index (χ4n) is 1.74. The minimum atomic E-state index is -0.108. The van der Waals surface area contributed by atoms with Gasteiger partial charge in [-0.15, -0.1) is 0 Å². The Balaban J connectivity index is 2.70. The monoisotopic (exact) mass is 235 g/mol. The van der Waals surface area contributed by atoms with Gasteiger partial charge in [0, 0.05) is 5.92 Å². The number of ether oxygens (including phenoxy) is 1. The molecule has 1 N–H and O–H groups in total. The molecule has 0 bridgehead atoms. The quantitative estimate of drug-likeness (QED) is 0.820. The third-order valence-electron chi connectivity index (χ3n) is 2.86. The van der Waals surface area contributed by atoms with Crippen LogP contribution in [0, 0.1) is 5.92 Å². The molecular formula is C14H21NO2. The number of carbonyl (C=O) groups is 1. The minimum Gasteiger partial charge on any atom is -0.497 e. The molecule has 1 rings (SSSR count). The van der Waals surface area contributed by atoms with E-state index in [-0.39, 0.29) is 17.7 Å². The molecule has 1 aromatic carbocycles. The van der Waals surface area contributed by atoms with E-state index in [0.717, 1.165) is 17.7 Å². The van der Waals surface area contributed by atoms with Crippen molar-refractivity contribution in [3.63, 3.8) is 0 Å². The van der Waals surface area contributed by atoms with Crippen LogP contribution in [0.2, 0.25) is 0 Å². The maximum Gasteiger partial charge on any atom is 0.152 e. The van der Waals surface area contributed by atoms with Gasteiger partial charge >= 0.3 is 0 Å². The Hall–Kier alpha value is -1.35. The average Bonchev–Trinajstić information content (AvgIpc) is 2.35. The zero-order chi connectivity index (χ0) is 12.8. The van der Waals surface area contributed by atoms with Crippen LogP contribution >= 0.6 is 0 Å². The van der Waals surface area contributed by atoms with Gasteiger partial charge in [0.15, 0.2) is 5.78 Å². The normalized spacial score (nSPS) is 12.5. The molecule has 0 amide bonds. The van der Waals surface area contributed by atoms with Crippen LogP contribution in [0.25, 0.3) is 0 Å². The Labute approximate surface area is 103 Å². The maximum atomic E-state index is 11.9. The predicted octanol–water partition coefficient (Wildman–Crippen LogP) is 2.05. The van der Waals surface area contributed by atoms with Gasteiger partial charge in [0.2, 0.25) is 0 Å². The van der Waals surface area contributed by atoms with Gasteiger partial charge < -0.3 is 10.1 Å². The van der Waals surface area contributed by atoms with Crippen LogP contribution in [0.5, 0.6) is 5.75 Å². The van der Waals surface area contributed by atoms with Gasteiger partial charge in [-0.25, -0.2) is 0 Å². The van der Waals surface area contributed by atoms with Crippen LogP contribution in [-0.2, 0) is 11.2 Å². The molecule has 1 unspecified atom stereocenters. The maximum absolute atomic E-state index is 11.9. The summed E-state index contributed by atoms with van der Waals surface area (Å²) in [5, 5.41) is 3.08. The standard InChI is InChI=1S/C14H21NO2/c1-10(2)14(16)13(15-3)9-11-5-7-12(17-4)8-6-11/h5-8,10,13,15H,9H2,1-4H3. The first-order valence-corrected chi connectivity index (χ1v) is 5.92. The van der Waals surface area contributed by atoms with Crippen molar-refractivity contribution in [1.82, 2.24) is 5.32 Å². The Bertz CT molecular complexity index is 357. The van der Waals surface area contributed by atoms with Crippen LogP contribution in [0.4, 0.5) is 0 Å². The van der Waals surface area contributed by atoms with Gasteiger partial charge in [0.1, 0.15) is 5.75 Å². The number of hydrogen-bond donors (Lipinski definition) is 1. The zero-order valence-electron chi connectivity index (χ0n) is 11.0. The van der Waals surface area contributed by atoms with E-state index >= 15 is 0 Å². The van der Waals surface area contributed by atoms with Crippen LogP contribution in [0.3, 0.4) is 0 Å². The fourth-order valence-corrected chi connectivity index (χ4v) is 1.74. The molecule has 0 aliphatic carbocycles. The second kappa shape index (κ2) is 6.40. The lowest BCUT2D eigenvalue weighted by molar-refractivity contribution is -0.123. The van der Waals surface area contributed by atoms with Crippen molar-refractivity contribution < 1.29 is 9.53 Å². The van der Waals surface area contributed by atoms with E-state index in [4.69, 9.17) is 4.74 Å². The lowest BCUT2D eigenvalue weighted by Gasteiger charge is -2.17. The lowest BCUT2D eigenvalue weighted by Crippen LogP contribution is -2.38. The largest absolute Gasteiger partial charge is 0.497 e. The van der Waals surface area contributed by atoms with Crippen LogP contribution in [-0.4, -0.2) is 26.0 Å². The molecule has 0 spiro atoms. The summed E-state index contributed by atoms with van der Waals surface area (Å²) >= 11 is 0. The summed E-state index contributed by atoms with van der Waals surface area (Å²) in [6, 6.07) is 7.72. The van der Waals surface area contributed by atoms with Crippen LogP contribution in [0.15, 0.2) is 24.3 Å². The van der Waals surface area contributed by atoms with E-state index in [0.29, 0.717) is 0 Å². The molecule has 94 valence electrons. The molecule has 17 heavy (non-hydrogen) atoms. The average molecular weight is 235 g/mol. The highest BCUT2D eigenvalue weighted by molar-refractivity contribution is 5.85. The van der Waals surface area contributed by atoms with E-state index in [2.05, 4.69) is 5.32 Å². The van der Waals surface area contributed by atoms with Crippen molar-refractivity contribution in [2.45, 2.75) is 26.3 Å². The molecule has 1 aromatic rings. The van der Waals surface area contributed by atoms with Gasteiger partial charge in [-0.1, -0.05) is 26.0 Å². The Morgan fingerprint density at radius 3 is 2.29 bits per heavy atom. The number of ketones is 1. The SMILES string of the molecule is CNC(Cc1ccc(OC)cc1)C(=O)C(C)C. The zero-order valence-corrected chi connectivity index (χ0v) is 11.0. The molecule has 0 radical (unpaired) electrons. The number of carbonyl (C=O) groups excluding carboxylic acids is 1. The summed E-state index contributed by atoms with van der Waals surface area (Å²) in [4.78, 5) is 11.9.